The number of hydrogen-bond acceptors (Lipinski definition) is 3. The van der Waals surface area contributed by atoms with Gasteiger partial charge in [-0.05, 0) is 24.6 Å². The summed E-state index contributed by atoms with van der Waals surface area (Å²) in [7, 11) is 0. The van der Waals surface area contributed by atoms with Crippen LogP contribution in [0.3, 0.4) is 0 Å². The third-order valence-corrected chi connectivity index (χ3v) is 4.14. The number of aromatic nitrogens is 2. The normalized spacial score (nSPS) is 14.2. The van der Waals surface area contributed by atoms with Gasteiger partial charge in [-0.1, -0.05) is 36.4 Å². The van der Waals surface area contributed by atoms with Gasteiger partial charge in [-0.2, -0.15) is 13.2 Å². The van der Waals surface area contributed by atoms with E-state index in [4.69, 9.17) is 0 Å². The van der Waals surface area contributed by atoms with E-state index in [0.29, 0.717) is 11.3 Å². The van der Waals surface area contributed by atoms with Crippen molar-refractivity contribution in [2.75, 3.05) is 6.54 Å². The number of carbonyl (C=O) groups excluding carboxylic acids is 1. The van der Waals surface area contributed by atoms with E-state index in [-0.39, 0.29) is 11.3 Å². The van der Waals surface area contributed by atoms with Crippen LogP contribution in [0.15, 0.2) is 54.7 Å². The quantitative estimate of drug-likeness (QED) is 0.749. The van der Waals surface area contributed by atoms with E-state index in [9.17, 15) is 23.1 Å². The highest BCUT2D eigenvalue weighted by Gasteiger charge is 2.55. The summed E-state index contributed by atoms with van der Waals surface area (Å²) >= 11 is 0. The highest BCUT2D eigenvalue weighted by Crippen LogP contribution is 2.38. The first kappa shape index (κ1) is 17.9. The Labute approximate surface area is 147 Å². The van der Waals surface area contributed by atoms with E-state index in [1.807, 2.05) is 0 Å². The highest BCUT2D eigenvalue weighted by molar-refractivity contribution is 5.94. The van der Waals surface area contributed by atoms with E-state index < -0.39 is 24.2 Å². The van der Waals surface area contributed by atoms with Crippen molar-refractivity contribution in [2.45, 2.75) is 18.7 Å². The molecule has 0 unspecified atom stereocenters. The third kappa shape index (κ3) is 3.03. The van der Waals surface area contributed by atoms with E-state index in [1.54, 1.807) is 37.4 Å². The van der Waals surface area contributed by atoms with Gasteiger partial charge < -0.3 is 10.4 Å². The molecule has 0 radical (unpaired) electrons. The van der Waals surface area contributed by atoms with Gasteiger partial charge in [-0.3, -0.25) is 9.20 Å². The van der Waals surface area contributed by atoms with E-state index in [2.05, 4.69) is 10.3 Å². The average molecular weight is 363 g/mol. The number of carbonyl (C=O) groups is 1. The SMILES string of the molecule is Cc1nc2ccccn2c1C(=O)NC[C@](O)(c1ccccc1)C(F)(F)F. The van der Waals surface area contributed by atoms with Crippen molar-refractivity contribution in [3.63, 3.8) is 0 Å². The van der Waals surface area contributed by atoms with Gasteiger partial charge in [0.15, 0.2) is 0 Å². The van der Waals surface area contributed by atoms with Crippen LogP contribution in [0.2, 0.25) is 0 Å². The van der Waals surface area contributed by atoms with Gasteiger partial charge in [0.1, 0.15) is 11.3 Å². The van der Waals surface area contributed by atoms with Gasteiger partial charge in [0.05, 0.1) is 12.2 Å². The van der Waals surface area contributed by atoms with Crippen molar-refractivity contribution < 1.29 is 23.1 Å². The van der Waals surface area contributed by atoms with Gasteiger partial charge in [-0.25, -0.2) is 4.98 Å². The molecular formula is C18H16F3N3O2. The summed E-state index contributed by atoms with van der Waals surface area (Å²) in [5.74, 6) is -0.750. The number of rotatable bonds is 4. The number of aryl methyl sites for hydroxylation is 1. The summed E-state index contributed by atoms with van der Waals surface area (Å²) in [4.78, 5) is 16.7. The fraction of sp³-hybridized carbons (Fsp3) is 0.222. The predicted molar refractivity (Wildman–Crippen MR) is 88.7 cm³/mol. The fourth-order valence-corrected chi connectivity index (χ4v) is 2.76. The molecule has 0 aliphatic carbocycles. The summed E-state index contributed by atoms with van der Waals surface area (Å²) in [6.07, 6.45) is -3.37. The lowest BCUT2D eigenvalue weighted by atomic mass is 9.93. The molecule has 0 spiro atoms. The van der Waals surface area contributed by atoms with E-state index in [1.165, 1.54) is 28.7 Å². The van der Waals surface area contributed by atoms with Gasteiger partial charge >= 0.3 is 6.18 Å². The van der Waals surface area contributed by atoms with Crippen LogP contribution in [0, 0.1) is 6.92 Å². The van der Waals surface area contributed by atoms with Crippen LogP contribution in [0.25, 0.3) is 5.65 Å². The van der Waals surface area contributed by atoms with Gasteiger partial charge in [0.2, 0.25) is 5.60 Å². The Morgan fingerprint density at radius 3 is 2.46 bits per heavy atom. The number of benzene rings is 1. The first-order valence-electron chi connectivity index (χ1n) is 7.80. The monoisotopic (exact) mass is 363 g/mol. The summed E-state index contributed by atoms with van der Waals surface area (Å²) in [6.45, 7) is 0.577. The lowest BCUT2D eigenvalue weighted by molar-refractivity contribution is -0.263. The Hall–Kier alpha value is -2.87. The largest absolute Gasteiger partial charge is 0.423 e. The number of amides is 1. The average Bonchev–Trinajstić information content (AvgIpc) is 2.95. The number of fused-ring (bicyclic) bond motifs is 1. The number of alkyl halides is 3. The van der Waals surface area contributed by atoms with Crippen molar-refractivity contribution in [1.29, 1.82) is 0 Å². The lowest BCUT2D eigenvalue weighted by Gasteiger charge is -2.31. The molecule has 1 atom stereocenters. The molecule has 0 fully saturated rings. The molecule has 0 bridgehead atoms. The first-order valence-corrected chi connectivity index (χ1v) is 7.80. The molecule has 3 aromatic rings. The number of imidazole rings is 1. The molecule has 5 nitrogen and oxygen atoms in total. The summed E-state index contributed by atoms with van der Waals surface area (Å²) in [5, 5.41) is 12.5. The molecule has 26 heavy (non-hydrogen) atoms. The molecule has 2 heterocycles. The minimum atomic E-state index is -4.96. The molecule has 0 saturated heterocycles. The molecule has 0 aliphatic rings. The van der Waals surface area contributed by atoms with Gasteiger partial charge in [0.25, 0.3) is 5.91 Å². The van der Waals surface area contributed by atoms with Crippen LogP contribution < -0.4 is 5.32 Å². The number of aliphatic hydroxyl groups is 1. The van der Waals surface area contributed by atoms with Crippen molar-refractivity contribution in [3.05, 3.63) is 71.7 Å². The van der Waals surface area contributed by atoms with Crippen molar-refractivity contribution >= 4 is 11.6 Å². The Morgan fingerprint density at radius 2 is 1.81 bits per heavy atom. The molecule has 2 N–H and O–H groups in total. The number of nitrogens with zero attached hydrogens (tertiary/aromatic N) is 2. The van der Waals surface area contributed by atoms with Gasteiger partial charge in [-0.15, -0.1) is 0 Å². The smallest absolute Gasteiger partial charge is 0.375 e. The Morgan fingerprint density at radius 1 is 1.15 bits per heavy atom. The fourth-order valence-electron chi connectivity index (χ4n) is 2.76. The molecular weight excluding hydrogens is 347 g/mol. The number of halogens is 3. The summed E-state index contributed by atoms with van der Waals surface area (Å²) in [5.41, 5.74) is -2.53. The summed E-state index contributed by atoms with van der Waals surface area (Å²) in [6, 6.07) is 11.8. The maximum absolute atomic E-state index is 13.5. The number of pyridine rings is 1. The maximum Gasteiger partial charge on any atom is 0.423 e. The molecule has 136 valence electrons. The van der Waals surface area contributed by atoms with E-state index in [0.717, 1.165) is 0 Å². The first-order chi connectivity index (χ1) is 12.2. The van der Waals surface area contributed by atoms with Gasteiger partial charge in [0, 0.05) is 6.20 Å². The zero-order valence-electron chi connectivity index (χ0n) is 13.8. The Kier molecular flexibility index (Phi) is 4.45. The lowest BCUT2D eigenvalue weighted by Crippen LogP contribution is -2.51. The molecule has 2 aromatic heterocycles. The topological polar surface area (TPSA) is 66.6 Å². The predicted octanol–water partition coefficient (Wildman–Crippen LogP) is 2.82. The molecule has 1 aromatic carbocycles. The van der Waals surface area contributed by atoms with Crippen LogP contribution in [-0.2, 0) is 5.60 Å². The summed E-state index contributed by atoms with van der Waals surface area (Å²) < 4.78 is 42.0. The highest BCUT2D eigenvalue weighted by atomic mass is 19.4. The zero-order chi connectivity index (χ0) is 18.9. The molecule has 1 amide bonds. The molecule has 8 heteroatoms. The zero-order valence-corrected chi connectivity index (χ0v) is 13.8. The van der Waals surface area contributed by atoms with Crippen LogP contribution in [0.5, 0.6) is 0 Å². The number of nitrogens with one attached hydrogen (secondary N) is 1. The standard InChI is InChI=1S/C18H16F3N3O2/c1-12-15(24-10-6-5-9-14(24)23-12)16(25)22-11-17(26,18(19,20)21)13-7-3-2-4-8-13/h2-10,26H,11H2,1H3,(H,22,25)/t17-/m0/s1. The van der Waals surface area contributed by atoms with Crippen LogP contribution in [-0.4, -0.2) is 33.1 Å². The molecule has 0 saturated carbocycles. The molecule has 0 aliphatic heterocycles. The van der Waals surface area contributed by atoms with Crippen LogP contribution >= 0.6 is 0 Å². The Bertz CT molecular complexity index is 938. The van der Waals surface area contributed by atoms with Crippen LogP contribution in [0.4, 0.5) is 13.2 Å². The van der Waals surface area contributed by atoms with Crippen molar-refractivity contribution in [1.82, 2.24) is 14.7 Å². The van der Waals surface area contributed by atoms with Crippen molar-refractivity contribution in [3.8, 4) is 0 Å². The third-order valence-electron chi connectivity index (χ3n) is 4.14. The van der Waals surface area contributed by atoms with Crippen LogP contribution in [0.1, 0.15) is 21.7 Å². The van der Waals surface area contributed by atoms with E-state index >= 15 is 0 Å². The Balaban J connectivity index is 1.90. The second-order valence-electron chi connectivity index (χ2n) is 5.88. The second-order valence-corrected chi connectivity index (χ2v) is 5.88. The van der Waals surface area contributed by atoms with Crippen molar-refractivity contribution in [2.24, 2.45) is 0 Å². The minimum absolute atomic E-state index is 0.123. The molecule has 3 rings (SSSR count). The number of hydrogen-bond donors (Lipinski definition) is 2. The maximum atomic E-state index is 13.5. The second kappa shape index (κ2) is 6.45. The minimum Gasteiger partial charge on any atom is -0.375 e.